The topological polar surface area (TPSA) is 85.0 Å². The number of benzene rings is 1. The highest BCUT2D eigenvalue weighted by Gasteiger charge is 2.45. The number of carbonyl (C=O) groups excluding carboxylic acids is 1. The van der Waals surface area contributed by atoms with Crippen molar-refractivity contribution in [1.29, 1.82) is 0 Å². The standard InChI is InChI=1S/C17H26N2O4/c1-19(2)11-13-7-8-15(23-16(18)20)10-17(13,21)12-5-4-6-14(9-12)22-3/h4-6,9,13,15,21H,7-8,10-11H2,1-3H3,(H2,18,20)/t13-,15-,17+/m1/s1. The van der Waals surface area contributed by atoms with Gasteiger partial charge in [-0.15, -0.1) is 0 Å². The number of amides is 1. The number of ether oxygens (including phenoxy) is 2. The third kappa shape index (κ3) is 4.14. The molecule has 3 atom stereocenters. The smallest absolute Gasteiger partial charge is 0.404 e. The Morgan fingerprint density at radius 2 is 2.17 bits per heavy atom. The maximum Gasteiger partial charge on any atom is 0.404 e. The van der Waals surface area contributed by atoms with Crippen LogP contribution in [0.3, 0.4) is 0 Å². The van der Waals surface area contributed by atoms with Crippen molar-refractivity contribution in [3.05, 3.63) is 29.8 Å². The molecule has 1 aliphatic carbocycles. The van der Waals surface area contributed by atoms with Crippen molar-refractivity contribution in [2.75, 3.05) is 27.7 Å². The average Bonchev–Trinajstić information content (AvgIpc) is 2.49. The first-order valence-corrected chi connectivity index (χ1v) is 7.83. The van der Waals surface area contributed by atoms with Gasteiger partial charge in [0.1, 0.15) is 11.9 Å². The van der Waals surface area contributed by atoms with Crippen LogP contribution >= 0.6 is 0 Å². The van der Waals surface area contributed by atoms with Crippen LogP contribution in [-0.2, 0) is 10.3 Å². The molecule has 0 radical (unpaired) electrons. The summed E-state index contributed by atoms with van der Waals surface area (Å²) in [5.41, 5.74) is 4.83. The molecular formula is C17H26N2O4. The first-order valence-electron chi connectivity index (χ1n) is 7.83. The van der Waals surface area contributed by atoms with Gasteiger partial charge >= 0.3 is 6.09 Å². The lowest BCUT2D eigenvalue weighted by atomic mass is 9.70. The molecule has 0 bridgehead atoms. The molecule has 3 N–H and O–H groups in total. The molecular weight excluding hydrogens is 296 g/mol. The second-order valence-corrected chi connectivity index (χ2v) is 6.46. The van der Waals surface area contributed by atoms with E-state index in [4.69, 9.17) is 15.2 Å². The fraction of sp³-hybridized carbons (Fsp3) is 0.588. The van der Waals surface area contributed by atoms with Crippen LogP contribution in [0.1, 0.15) is 24.8 Å². The normalized spacial score (nSPS) is 27.7. The molecule has 0 aromatic heterocycles. The summed E-state index contributed by atoms with van der Waals surface area (Å²) in [7, 11) is 5.57. The minimum atomic E-state index is -1.09. The van der Waals surface area contributed by atoms with Crippen LogP contribution < -0.4 is 10.5 Å². The Bertz CT molecular complexity index is 549. The van der Waals surface area contributed by atoms with Gasteiger partial charge in [0.05, 0.1) is 12.7 Å². The summed E-state index contributed by atoms with van der Waals surface area (Å²) in [5.74, 6) is 0.731. The number of methoxy groups -OCH3 is 1. The first kappa shape index (κ1) is 17.6. The van der Waals surface area contributed by atoms with Gasteiger partial charge in [0.25, 0.3) is 0 Å². The summed E-state index contributed by atoms with van der Waals surface area (Å²) in [6.45, 7) is 0.747. The van der Waals surface area contributed by atoms with Crippen molar-refractivity contribution in [1.82, 2.24) is 4.90 Å². The van der Waals surface area contributed by atoms with Crippen molar-refractivity contribution in [3.63, 3.8) is 0 Å². The van der Waals surface area contributed by atoms with E-state index >= 15 is 0 Å². The van der Waals surface area contributed by atoms with Crippen LogP contribution in [-0.4, -0.2) is 50.0 Å². The molecule has 0 aliphatic heterocycles. The summed E-state index contributed by atoms with van der Waals surface area (Å²) in [6.07, 6.45) is 0.621. The van der Waals surface area contributed by atoms with E-state index in [0.29, 0.717) is 18.6 Å². The Balaban J connectivity index is 2.32. The lowest BCUT2D eigenvalue weighted by Gasteiger charge is -2.44. The van der Waals surface area contributed by atoms with Crippen LogP contribution in [0.15, 0.2) is 24.3 Å². The molecule has 1 aromatic carbocycles. The summed E-state index contributed by atoms with van der Waals surface area (Å²) >= 11 is 0. The summed E-state index contributed by atoms with van der Waals surface area (Å²) in [4.78, 5) is 13.1. The summed E-state index contributed by atoms with van der Waals surface area (Å²) < 4.78 is 10.4. The molecule has 1 aromatic rings. The second-order valence-electron chi connectivity index (χ2n) is 6.46. The van der Waals surface area contributed by atoms with Gasteiger partial charge in [-0.05, 0) is 44.6 Å². The molecule has 0 unspecified atom stereocenters. The van der Waals surface area contributed by atoms with Crippen LogP contribution in [0.2, 0.25) is 0 Å². The molecule has 128 valence electrons. The molecule has 6 heteroatoms. The van der Waals surface area contributed by atoms with Gasteiger partial charge in [-0.25, -0.2) is 4.79 Å². The average molecular weight is 322 g/mol. The predicted octanol–water partition coefficient (Wildman–Crippen LogP) is 1.71. The molecule has 6 nitrogen and oxygen atoms in total. The Morgan fingerprint density at radius 1 is 1.43 bits per heavy atom. The minimum absolute atomic E-state index is 0.0392. The van der Waals surface area contributed by atoms with Crippen LogP contribution in [0.25, 0.3) is 0 Å². The number of nitrogens with zero attached hydrogens (tertiary/aromatic N) is 1. The number of hydrogen-bond donors (Lipinski definition) is 2. The van der Waals surface area contributed by atoms with Gasteiger partial charge in [-0.2, -0.15) is 0 Å². The van der Waals surface area contributed by atoms with E-state index in [-0.39, 0.29) is 12.0 Å². The van der Waals surface area contributed by atoms with E-state index in [1.807, 2.05) is 38.4 Å². The number of aliphatic hydroxyl groups is 1. The molecule has 0 spiro atoms. The largest absolute Gasteiger partial charge is 0.497 e. The summed E-state index contributed by atoms with van der Waals surface area (Å²) in [6, 6.07) is 7.43. The quantitative estimate of drug-likeness (QED) is 0.862. The molecule has 1 amide bonds. The number of nitrogens with two attached hydrogens (primary N) is 1. The fourth-order valence-corrected chi connectivity index (χ4v) is 3.44. The molecule has 0 heterocycles. The summed E-state index contributed by atoms with van der Waals surface area (Å²) in [5, 5.41) is 11.4. The monoisotopic (exact) mass is 322 g/mol. The van der Waals surface area contributed by atoms with Gasteiger partial charge in [0.15, 0.2) is 0 Å². The number of carbonyl (C=O) groups is 1. The SMILES string of the molecule is COc1cccc([C@@]2(O)C[C@H](OC(N)=O)CC[C@@H]2CN(C)C)c1. The molecule has 1 fully saturated rings. The Morgan fingerprint density at radius 3 is 2.78 bits per heavy atom. The van der Waals surface area contributed by atoms with E-state index in [0.717, 1.165) is 18.5 Å². The highest BCUT2D eigenvalue weighted by atomic mass is 16.6. The highest BCUT2D eigenvalue weighted by molar-refractivity contribution is 5.64. The zero-order valence-corrected chi connectivity index (χ0v) is 14.0. The number of hydrogen-bond acceptors (Lipinski definition) is 5. The Kier molecular flexibility index (Phi) is 5.49. The second kappa shape index (κ2) is 7.19. The number of primary amides is 1. The molecule has 23 heavy (non-hydrogen) atoms. The fourth-order valence-electron chi connectivity index (χ4n) is 3.44. The van der Waals surface area contributed by atoms with Crippen molar-refractivity contribution >= 4 is 6.09 Å². The highest BCUT2D eigenvalue weighted by Crippen LogP contribution is 2.43. The maximum atomic E-state index is 11.4. The van der Waals surface area contributed by atoms with Crippen LogP contribution in [0, 0.1) is 5.92 Å². The lowest BCUT2D eigenvalue weighted by Crippen LogP contribution is -2.48. The van der Waals surface area contributed by atoms with E-state index in [9.17, 15) is 9.90 Å². The van der Waals surface area contributed by atoms with Crippen molar-refractivity contribution < 1.29 is 19.4 Å². The van der Waals surface area contributed by atoms with E-state index in [1.165, 1.54) is 0 Å². The van der Waals surface area contributed by atoms with Gasteiger partial charge < -0.3 is 25.2 Å². The molecule has 2 rings (SSSR count). The minimum Gasteiger partial charge on any atom is -0.497 e. The molecule has 1 aliphatic rings. The van der Waals surface area contributed by atoms with Crippen LogP contribution in [0.4, 0.5) is 4.79 Å². The van der Waals surface area contributed by atoms with E-state index in [2.05, 4.69) is 4.90 Å². The third-order valence-electron chi connectivity index (χ3n) is 4.49. The zero-order chi connectivity index (χ0) is 17.0. The van der Waals surface area contributed by atoms with Gasteiger partial charge in [-0.3, -0.25) is 0 Å². The van der Waals surface area contributed by atoms with Crippen molar-refractivity contribution in [2.24, 2.45) is 11.7 Å². The van der Waals surface area contributed by atoms with Gasteiger partial charge in [0, 0.05) is 18.9 Å². The third-order valence-corrected chi connectivity index (χ3v) is 4.49. The Hall–Kier alpha value is -1.79. The number of rotatable bonds is 5. The van der Waals surface area contributed by atoms with Crippen molar-refractivity contribution in [2.45, 2.75) is 31.0 Å². The maximum absolute atomic E-state index is 11.4. The lowest BCUT2D eigenvalue weighted by molar-refractivity contribution is -0.100. The Labute approximate surface area is 137 Å². The van der Waals surface area contributed by atoms with E-state index < -0.39 is 11.7 Å². The predicted molar refractivity (Wildman–Crippen MR) is 87.2 cm³/mol. The van der Waals surface area contributed by atoms with Crippen molar-refractivity contribution in [3.8, 4) is 5.75 Å². The van der Waals surface area contributed by atoms with Crippen LogP contribution in [0.5, 0.6) is 5.75 Å². The zero-order valence-electron chi connectivity index (χ0n) is 14.0. The first-order chi connectivity index (χ1) is 10.8. The van der Waals surface area contributed by atoms with Gasteiger partial charge in [0.2, 0.25) is 0 Å². The van der Waals surface area contributed by atoms with Gasteiger partial charge in [-0.1, -0.05) is 12.1 Å². The molecule has 1 saturated carbocycles. The molecule has 0 saturated heterocycles. The van der Waals surface area contributed by atoms with E-state index in [1.54, 1.807) is 7.11 Å².